The lowest BCUT2D eigenvalue weighted by atomic mass is 9.87. The molecule has 1 amide bonds. The molecule has 22 heavy (non-hydrogen) atoms. The fourth-order valence-corrected chi connectivity index (χ4v) is 2.89. The molecule has 2 aromatic rings. The first-order chi connectivity index (χ1) is 10.5. The van der Waals surface area contributed by atoms with Crippen LogP contribution in [0.5, 0.6) is 0 Å². The Labute approximate surface area is 129 Å². The van der Waals surface area contributed by atoms with Crippen LogP contribution in [-0.2, 0) is 12.8 Å². The average molecular weight is 296 g/mol. The van der Waals surface area contributed by atoms with E-state index in [1.165, 1.54) is 0 Å². The molecule has 1 aliphatic rings. The van der Waals surface area contributed by atoms with Crippen LogP contribution in [0.2, 0.25) is 0 Å². The van der Waals surface area contributed by atoms with Crippen molar-refractivity contribution in [1.29, 1.82) is 0 Å². The summed E-state index contributed by atoms with van der Waals surface area (Å²) in [5, 5.41) is 2.79. The summed E-state index contributed by atoms with van der Waals surface area (Å²) in [6.45, 7) is 4.18. The Kier molecular flexibility index (Phi) is 3.84. The van der Waals surface area contributed by atoms with E-state index in [1.54, 1.807) is 6.07 Å². The van der Waals surface area contributed by atoms with Crippen molar-refractivity contribution in [2.75, 3.05) is 5.32 Å². The number of anilines is 1. The minimum absolute atomic E-state index is 0.188. The summed E-state index contributed by atoms with van der Waals surface area (Å²) in [6.07, 6.45) is 2.88. The zero-order valence-corrected chi connectivity index (χ0v) is 12.9. The minimum atomic E-state index is -0.355. The number of rotatable bonds is 2. The molecule has 4 heteroatoms. The summed E-state index contributed by atoms with van der Waals surface area (Å²) in [5.74, 6) is 0.234. The SMILES string of the molecule is Cc1ccc(NC(=O)c2cc3c([nH]c2=O)CCC(C)C3)cc1. The fourth-order valence-electron chi connectivity index (χ4n) is 2.89. The van der Waals surface area contributed by atoms with E-state index in [1.807, 2.05) is 31.2 Å². The van der Waals surface area contributed by atoms with Crippen molar-refractivity contribution in [3.63, 3.8) is 0 Å². The first kappa shape index (κ1) is 14.6. The van der Waals surface area contributed by atoms with E-state index >= 15 is 0 Å². The third-order valence-corrected chi connectivity index (χ3v) is 4.22. The maximum absolute atomic E-state index is 12.4. The molecule has 0 saturated heterocycles. The maximum atomic E-state index is 12.4. The van der Waals surface area contributed by atoms with Crippen LogP contribution in [0.4, 0.5) is 5.69 Å². The number of pyridine rings is 1. The number of H-pyrrole nitrogens is 1. The molecule has 0 bridgehead atoms. The Morgan fingerprint density at radius 1 is 1.27 bits per heavy atom. The normalized spacial score (nSPS) is 16.9. The molecular formula is C18H20N2O2. The summed E-state index contributed by atoms with van der Waals surface area (Å²) >= 11 is 0. The highest BCUT2D eigenvalue weighted by molar-refractivity contribution is 6.04. The van der Waals surface area contributed by atoms with Gasteiger partial charge in [-0.15, -0.1) is 0 Å². The van der Waals surface area contributed by atoms with Crippen LogP contribution in [0.25, 0.3) is 0 Å². The van der Waals surface area contributed by atoms with Gasteiger partial charge >= 0.3 is 0 Å². The van der Waals surface area contributed by atoms with Gasteiger partial charge < -0.3 is 10.3 Å². The first-order valence-electron chi connectivity index (χ1n) is 7.66. The molecule has 1 unspecified atom stereocenters. The Morgan fingerprint density at radius 3 is 2.73 bits per heavy atom. The fraction of sp³-hybridized carbons (Fsp3) is 0.333. The van der Waals surface area contributed by atoms with Crippen molar-refractivity contribution < 1.29 is 4.79 Å². The van der Waals surface area contributed by atoms with Gasteiger partial charge in [0.2, 0.25) is 0 Å². The van der Waals surface area contributed by atoms with E-state index in [9.17, 15) is 9.59 Å². The molecule has 1 aliphatic carbocycles. The van der Waals surface area contributed by atoms with Crippen molar-refractivity contribution in [1.82, 2.24) is 4.98 Å². The summed E-state index contributed by atoms with van der Waals surface area (Å²) < 4.78 is 0. The number of aromatic nitrogens is 1. The minimum Gasteiger partial charge on any atom is -0.325 e. The second kappa shape index (κ2) is 5.79. The zero-order valence-electron chi connectivity index (χ0n) is 12.9. The number of aryl methyl sites for hydroxylation is 2. The van der Waals surface area contributed by atoms with Crippen molar-refractivity contribution in [2.24, 2.45) is 5.92 Å². The third-order valence-electron chi connectivity index (χ3n) is 4.22. The van der Waals surface area contributed by atoms with Gasteiger partial charge in [0.05, 0.1) is 0 Å². The van der Waals surface area contributed by atoms with Crippen LogP contribution in [0.15, 0.2) is 35.1 Å². The van der Waals surface area contributed by atoms with E-state index in [0.717, 1.165) is 36.1 Å². The van der Waals surface area contributed by atoms with Crippen molar-refractivity contribution in [3.05, 3.63) is 63.1 Å². The van der Waals surface area contributed by atoms with E-state index in [4.69, 9.17) is 0 Å². The standard InChI is InChI=1S/C18H20N2O2/c1-11-3-6-14(7-4-11)19-17(21)15-10-13-9-12(2)5-8-16(13)20-18(15)22/h3-4,6-7,10,12H,5,8-9H2,1-2H3,(H,19,21)(H,20,22). The molecule has 1 atom stereocenters. The van der Waals surface area contributed by atoms with Gasteiger partial charge in [0, 0.05) is 11.4 Å². The van der Waals surface area contributed by atoms with Gasteiger partial charge in [0.15, 0.2) is 0 Å². The number of carbonyl (C=O) groups is 1. The highest BCUT2D eigenvalue weighted by atomic mass is 16.2. The topological polar surface area (TPSA) is 62.0 Å². The molecule has 114 valence electrons. The molecule has 3 rings (SSSR count). The Hall–Kier alpha value is -2.36. The smallest absolute Gasteiger partial charge is 0.261 e. The Bertz CT molecular complexity index is 760. The second-order valence-corrected chi connectivity index (χ2v) is 6.18. The lowest BCUT2D eigenvalue weighted by molar-refractivity contribution is 0.102. The number of aromatic amines is 1. The lowest BCUT2D eigenvalue weighted by Crippen LogP contribution is -2.27. The van der Waals surface area contributed by atoms with Gasteiger partial charge in [0.1, 0.15) is 5.56 Å². The molecule has 0 saturated carbocycles. The van der Waals surface area contributed by atoms with Gasteiger partial charge in [0.25, 0.3) is 11.5 Å². The molecule has 1 aromatic carbocycles. The van der Waals surface area contributed by atoms with Crippen LogP contribution in [0.1, 0.15) is 40.5 Å². The molecule has 0 fully saturated rings. The molecule has 1 heterocycles. The molecule has 0 radical (unpaired) electrons. The Balaban J connectivity index is 1.87. The second-order valence-electron chi connectivity index (χ2n) is 6.18. The van der Waals surface area contributed by atoms with Crippen LogP contribution in [-0.4, -0.2) is 10.9 Å². The zero-order chi connectivity index (χ0) is 15.7. The lowest BCUT2D eigenvalue weighted by Gasteiger charge is -2.21. The van der Waals surface area contributed by atoms with E-state index in [0.29, 0.717) is 11.6 Å². The summed E-state index contributed by atoms with van der Waals surface area (Å²) in [5.41, 5.74) is 3.77. The quantitative estimate of drug-likeness (QED) is 0.894. The van der Waals surface area contributed by atoms with Gasteiger partial charge in [-0.05, 0) is 55.9 Å². The average Bonchev–Trinajstić information content (AvgIpc) is 2.49. The number of fused-ring (bicyclic) bond motifs is 1. The van der Waals surface area contributed by atoms with E-state index in [2.05, 4.69) is 17.2 Å². The number of nitrogens with one attached hydrogen (secondary N) is 2. The van der Waals surface area contributed by atoms with Crippen LogP contribution >= 0.6 is 0 Å². The van der Waals surface area contributed by atoms with Crippen molar-refractivity contribution >= 4 is 11.6 Å². The predicted octanol–water partition coefficient (Wildman–Crippen LogP) is 3.06. The monoisotopic (exact) mass is 296 g/mol. The third kappa shape index (κ3) is 2.96. The largest absolute Gasteiger partial charge is 0.325 e. The number of hydrogen-bond donors (Lipinski definition) is 2. The number of hydrogen-bond acceptors (Lipinski definition) is 2. The molecule has 0 spiro atoms. The first-order valence-corrected chi connectivity index (χ1v) is 7.66. The molecule has 2 N–H and O–H groups in total. The molecule has 1 aromatic heterocycles. The van der Waals surface area contributed by atoms with Gasteiger partial charge in [-0.3, -0.25) is 9.59 Å². The van der Waals surface area contributed by atoms with Crippen LogP contribution < -0.4 is 10.9 Å². The highest BCUT2D eigenvalue weighted by Crippen LogP contribution is 2.23. The van der Waals surface area contributed by atoms with E-state index < -0.39 is 0 Å². The number of amides is 1. The predicted molar refractivity (Wildman–Crippen MR) is 87.4 cm³/mol. The molecule has 0 aliphatic heterocycles. The van der Waals surface area contributed by atoms with Gasteiger partial charge in [-0.25, -0.2) is 0 Å². The maximum Gasteiger partial charge on any atom is 0.261 e. The summed E-state index contributed by atoms with van der Waals surface area (Å²) in [7, 11) is 0. The molecular weight excluding hydrogens is 276 g/mol. The van der Waals surface area contributed by atoms with Crippen LogP contribution in [0.3, 0.4) is 0 Å². The molecule has 4 nitrogen and oxygen atoms in total. The van der Waals surface area contributed by atoms with Crippen molar-refractivity contribution in [2.45, 2.75) is 33.1 Å². The Morgan fingerprint density at radius 2 is 2.00 bits per heavy atom. The number of carbonyl (C=O) groups excluding carboxylic acids is 1. The van der Waals surface area contributed by atoms with Gasteiger partial charge in [-0.1, -0.05) is 24.6 Å². The highest BCUT2D eigenvalue weighted by Gasteiger charge is 2.20. The van der Waals surface area contributed by atoms with Gasteiger partial charge in [-0.2, -0.15) is 0 Å². The van der Waals surface area contributed by atoms with Crippen LogP contribution in [0, 0.1) is 12.8 Å². The number of benzene rings is 1. The summed E-state index contributed by atoms with van der Waals surface area (Å²) in [6, 6.07) is 9.28. The van der Waals surface area contributed by atoms with Crippen molar-refractivity contribution in [3.8, 4) is 0 Å². The summed E-state index contributed by atoms with van der Waals surface area (Å²) in [4.78, 5) is 27.4. The van der Waals surface area contributed by atoms with E-state index in [-0.39, 0.29) is 17.0 Å².